The van der Waals surface area contributed by atoms with E-state index in [9.17, 15) is 0 Å². The van der Waals surface area contributed by atoms with Crippen molar-refractivity contribution in [3.05, 3.63) is 66.1 Å². The molecular weight excluding hydrogens is 660 g/mol. The van der Waals surface area contributed by atoms with E-state index in [0.717, 1.165) is 55.7 Å². The number of morpholine rings is 1. The summed E-state index contributed by atoms with van der Waals surface area (Å²) < 4.78 is 23.7. The van der Waals surface area contributed by atoms with Gasteiger partial charge in [-0.2, -0.15) is 5.10 Å². The number of rotatable bonds is 12. The van der Waals surface area contributed by atoms with Gasteiger partial charge in [0.1, 0.15) is 30.5 Å². The predicted molar refractivity (Wildman–Crippen MR) is 184 cm³/mol. The molecule has 1 N–H and O–H groups in total. The third-order valence-corrected chi connectivity index (χ3v) is 10.4. The SMILES string of the molecule is C[C@@H](Cn1cnnn1)Oc1cc(-c2cnc(Nc3cn(C4CCC(N5[C@@H]6CC[C@H]5COC6)CC4)nc3OCc3ccnn3C)nc2)ccc1Cl. The quantitative estimate of drug-likeness (QED) is 0.190. The third kappa shape index (κ3) is 7.02. The predicted octanol–water partition coefficient (Wildman–Crippen LogP) is 4.85. The van der Waals surface area contributed by atoms with Crippen molar-refractivity contribution in [1.82, 2.24) is 54.6 Å². The van der Waals surface area contributed by atoms with Crippen LogP contribution < -0.4 is 14.8 Å². The molecule has 3 aliphatic rings. The summed E-state index contributed by atoms with van der Waals surface area (Å²) in [7, 11) is 1.90. The van der Waals surface area contributed by atoms with Gasteiger partial charge in [-0.3, -0.25) is 14.3 Å². The smallest absolute Gasteiger partial charge is 0.257 e. The fraction of sp³-hybridized carbons (Fsp3) is 0.500. The lowest BCUT2D eigenvalue weighted by Crippen LogP contribution is -2.52. The molecule has 1 aromatic carbocycles. The second-order valence-corrected chi connectivity index (χ2v) is 13.8. The van der Waals surface area contributed by atoms with E-state index in [1.807, 2.05) is 38.4 Å². The van der Waals surface area contributed by atoms with E-state index >= 15 is 0 Å². The number of hydrogen-bond acceptors (Lipinski definition) is 12. The van der Waals surface area contributed by atoms with Gasteiger partial charge in [-0.15, -0.1) is 10.2 Å². The second-order valence-electron chi connectivity index (χ2n) is 13.4. The van der Waals surface area contributed by atoms with Gasteiger partial charge < -0.3 is 19.5 Å². The fourth-order valence-corrected chi connectivity index (χ4v) is 7.70. The average Bonchev–Trinajstić information content (AvgIpc) is 3.93. The molecule has 2 aliphatic heterocycles. The Kier molecular flexibility index (Phi) is 9.34. The molecule has 16 heteroatoms. The van der Waals surface area contributed by atoms with E-state index in [2.05, 4.69) is 45.5 Å². The zero-order valence-electron chi connectivity index (χ0n) is 28.2. The van der Waals surface area contributed by atoms with Crippen LogP contribution in [0.15, 0.2) is 55.4 Å². The zero-order valence-corrected chi connectivity index (χ0v) is 28.9. The van der Waals surface area contributed by atoms with Gasteiger partial charge in [0, 0.05) is 49.3 Å². The van der Waals surface area contributed by atoms with E-state index in [1.165, 1.54) is 12.8 Å². The lowest BCUT2D eigenvalue weighted by Gasteiger charge is -2.43. The third-order valence-electron chi connectivity index (χ3n) is 10.1. The van der Waals surface area contributed by atoms with Crippen molar-refractivity contribution in [1.29, 1.82) is 0 Å². The maximum atomic E-state index is 6.48. The monoisotopic (exact) mass is 700 g/mol. The number of aromatic nitrogens is 10. The minimum absolute atomic E-state index is 0.209. The van der Waals surface area contributed by atoms with Crippen LogP contribution in [0.25, 0.3) is 11.1 Å². The number of hydrogen-bond donors (Lipinski definition) is 1. The van der Waals surface area contributed by atoms with Gasteiger partial charge in [-0.1, -0.05) is 17.7 Å². The Hall–Kier alpha value is -4.60. The van der Waals surface area contributed by atoms with E-state index in [4.69, 9.17) is 30.9 Å². The first-order valence-electron chi connectivity index (χ1n) is 17.3. The summed E-state index contributed by atoms with van der Waals surface area (Å²) in [6, 6.07) is 9.63. The summed E-state index contributed by atoms with van der Waals surface area (Å²) in [5.74, 6) is 1.49. The van der Waals surface area contributed by atoms with Gasteiger partial charge in [0.2, 0.25) is 5.95 Å². The van der Waals surface area contributed by atoms with E-state index in [-0.39, 0.29) is 6.10 Å². The number of nitrogens with zero attached hydrogens (tertiary/aromatic N) is 11. The molecule has 262 valence electrons. The molecule has 50 heavy (non-hydrogen) atoms. The molecule has 4 aromatic heterocycles. The van der Waals surface area contributed by atoms with Crippen molar-refractivity contribution in [3.63, 3.8) is 0 Å². The highest BCUT2D eigenvalue weighted by atomic mass is 35.5. The first-order valence-corrected chi connectivity index (χ1v) is 17.6. The molecule has 0 amide bonds. The Balaban J connectivity index is 0.960. The minimum atomic E-state index is -0.209. The van der Waals surface area contributed by atoms with Gasteiger partial charge in [-0.25, -0.2) is 14.6 Å². The number of nitrogens with one attached hydrogen (secondary N) is 1. The van der Waals surface area contributed by atoms with Crippen LogP contribution in [0.4, 0.5) is 11.6 Å². The van der Waals surface area contributed by atoms with Gasteiger partial charge in [0.25, 0.3) is 5.88 Å². The first-order chi connectivity index (χ1) is 24.5. The Labute approximate surface area is 294 Å². The lowest BCUT2D eigenvalue weighted by atomic mass is 9.89. The van der Waals surface area contributed by atoms with Gasteiger partial charge >= 0.3 is 0 Å². The second kappa shape index (κ2) is 14.3. The fourth-order valence-electron chi connectivity index (χ4n) is 7.53. The number of benzene rings is 1. The maximum Gasteiger partial charge on any atom is 0.257 e. The molecule has 0 unspecified atom stereocenters. The van der Waals surface area contributed by atoms with Gasteiger partial charge in [-0.05, 0) is 79.6 Å². The van der Waals surface area contributed by atoms with Crippen LogP contribution in [0.1, 0.15) is 57.2 Å². The Bertz CT molecular complexity index is 1860. The van der Waals surface area contributed by atoms with Crippen LogP contribution in [0.2, 0.25) is 5.02 Å². The summed E-state index contributed by atoms with van der Waals surface area (Å²) in [5, 5.41) is 24.3. The average molecular weight is 701 g/mol. The summed E-state index contributed by atoms with van der Waals surface area (Å²) >= 11 is 6.48. The van der Waals surface area contributed by atoms with E-state index < -0.39 is 0 Å². The van der Waals surface area contributed by atoms with E-state index in [1.54, 1.807) is 40.3 Å². The largest absolute Gasteiger partial charge is 0.487 e. The molecule has 3 atom stereocenters. The Morgan fingerprint density at radius 2 is 1.74 bits per heavy atom. The van der Waals surface area contributed by atoms with Crippen LogP contribution in [0.5, 0.6) is 11.6 Å². The molecule has 6 heterocycles. The van der Waals surface area contributed by atoms with Crippen molar-refractivity contribution >= 4 is 23.2 Å². The molecule has 5 aromatic rings. The Morgan fingerprint density at radius 1 is 0.980 bits per heavy atom. The normalized spacial score (nSPS) is 22.8. The summed E-state index contributed by atoms with van der Waals surface area (Å²) in [6.07, 6.45) is 15.6. The molecule has 2 bridgehead atoms. The van der Waals surface area contributed by atoms with Crippen LogP contribution in [0.3, 0.4) is 0 Å². The molecule has 2 saturated heterocycles. The highest BCUT2D eigenvalue weighted by Crippen LogP contribution is 2.40. The molecule has 0 spiro atoms. The Morgan fingerprint density at radius 3 is 2.46 bits per heavy atom. The highest BCUT2D eigenvalue weighted by Gasteiger charge is 2.42. The van der Waals surface area contributed by atoms with Crippen molar-refractivity contribution in [2.75, 3.05) is 18.5 Å². The topological polar surface area (TPSA) is 148 Å². The number of halogens is 1. The van der Waals surface area contributed by atoms with Crippen LogP contribution in [-0.2, 0) is 24.9 Å². The molecule has 0 radical (unpaired) electrons. The summed E-state index contributed by atoms with van der Waals surface area (Å²) in [6.45, 7) is 4.51. The van der Waals surface area contributed by atoms with Crippen molar-refractivity contribution in [3.8, 4) is 22.8 Å². The maximum absolute atomic E-state index is 6.48. The molecule has 1 aliphatic carbocycles. The molecule has 1 saturated carbocycles. The van der Waals surface area contributed by atoms with Crippen molar-refractivity contribution in [2.24, 2.45) is 7.05 Å². The molecule has 15 nitrogen and oxygen atoms in total. The van der Waals surface area contributed by atoms with Gasteiger partial charge in [0.05, 0.1) is 42.7 Å². The number of ether oxygens (including phenoxy) is 3. The molecule has 3 fully saturated rings. The lowest BCUT2D eigenvalue weighted by molar-refractivity contribution is -0.0458. The zero-order chi connectivity index (χ0) is 34.0. The number of fused-ring (bicyclic) bond motifs is 2. The molecular formula is C34H41ClN12O3. The van der Waals surface area contributed by atoms with Crippen LogP contribution in [-0.4, -0.2) is 92.1 Å². The summed E-state index contributed by atoms with van der Waals surface area (Å²) in [4.78, 5) is 12.1. The highest BCUT2D eigenvalue weighted by molar-refractivity contribution is 6.32. The molecule has 8 rings (SSSR count). The van der Waals surface area contributed by atoms with Crippen LogP contribution >= 0.6 is 11.6 Å². The standard InChI is InChI=1S/C34H41ClN12O3/c1-22(16-45-21-38-42-43-45)50-32-13-23(3-10-30(32)35)24-14-36-34(37-15-24)40-31-17-46(41-33(31)49-20-27-11-12-39-44(27)2)25-4-6-26(7-5-25)47-28-8-9-29(47)19-48-18-28/h3,10-15,17,21-22,25-26,28-29H,4-9,16,18-20H2,1-2H3,(H,36,37,40)/t22-,25?,26?,28-,29+/m0/s1. The first kappa shape index (κ1) is 32.6. The van der Waals surface area contributed by atoms with E-state index in [0.29, 0.717) is 65.6 Å². The number of tetrazole rings is 1. The summed E-state index contributed by atoms with van der Waals surface area (Å²) in [5.41, 5.74) is 3.35. The minimum Gasteiger partial charge on any atom is -0.487 e. The van der Waals surface area contributed by atoms with Crippen molar-refractivity contribution < 1.29 is 14.2 Å². The number of aryl methyl sites for hydroxylation is 1. The number of anilines is 2. The van der Waals surface area contributed by atoms with Gasteiger partial charge in [0.15, 0.2) is 0 Å². The van der Waals surface area contributed by atoms with Crippen molar-refractivity contribution in [2.45, 2.75) is 88.9 Å². The van der Waals surface area contributed by atoms with Crippen LogP contribution in [0, 0.1) is 0 Å².